The van der Waals surface area contributed by atoms with Crippen molar-refractivity contribution in [3.05, 3.63) is 0 Å². The summed E-state index contributed by atoms with van der Waals surface area (Å²) >= 11 is 0. The molecule has 0 N–H and O–H groups in total. The maximum atomic E-state index is 12.1. The van der Waals surface area contributed by atoms with Crippen LogP contribution in [0.4, 0.5) is 4.79 Å². The third kappa shape index (κ3) is 5.33. The number of carbonyl (C=O) groups excluding carboxylic acids is 1. The summed E-state index contributed by atoms with van der Waals surface area (Å²) in [6.45, 7) is 8.99. The summed E-state index contributed by atoms with van der Waals surface area (Å²) in [6, 6.07) is 0. The van der Waals surface area contributed by atoms with Gasteiger partial charge in [-0.2, -0.15) is 0 Å². The van der Waals surface area contributed by atoms with Gasteiger partial charge in [-0.3, -0.25) is 0 Å². The molecule has 144 valence electrons. The first-order valence-corrected chi connectivity index (χ1v) is 10.1. The molecule has 25 heavy (non-hydrogen) atoms. The van der Waals surface area contributed by atoms with Crippen LogP contribution < -0.4 is 0 Å². The van der Waals surface area contributed by atoms with Crippen LogP contribution >= 0.6 is 0 Å². The molecule has 2 heterocycles. The van der Waals surface area contributed by atoms with Gasteiger partial charge in [0.2, 0.25) is 0 Å². The van der Waals surface area contributed by atoms with Crippen molar-refractivity contribution in [2.45, 2.75) is 83.5 Å². The molecule has 1 amide bonds. The number of hydrogen-bond acceptors (Lipinski definition) is 4. The molecule has 5 nitrogen and oxygen atoms in total. The number of hydrogen-bond donors (Lipinski definition) is 0. The average molecular weight is 354 g/mol. The van der Waals surface area contributed by atoms with E-state index in [9.17, 15) is 4.79 Å². The number of nitrogens with zero attached hydrogens (tertiary/aromatic N) is 1. The fraction of sp³-hybridized carbons (Fsp3) is 0.950. The standard InChI is InChI=1S/C20H35NO4/c1-19(2,3)25-18(22)21-12-8-17(9-13-21)5-4-16-6-10-20(11-7-16)23-14-15-24-20/h16-17H,4-15H2,1-3H3. The van der Waals surface area contributed by atoms with Gasteiger partial charge in [0.05, 0.1) is 13.2 Å². The quantitative estimate of drug-likeness (QED) is 0.757. The van der Waals surface area contributed by atoms with E-state index >= 15 is 0 Å². The molecule has 0 bridgehead atoms. The largest absolute Gasteiger partial charge is 0.444 e. The van der Waals surface area contributed by atoms with Gasteiger partial charge in [-0.1, -0.05) is 12.8 Å². The van der Waals surface area contributed by atoms with Gasteiger partial charge < -0.3 is 19.1 Å². The third-order valence-corrected chi connectivity index (χ3v) is 5.93. The molecule has 0 radical (unpaired) electrons. The molecular formula is C20H35NO4. The second-order valence-corrected chi connectivity index (χ2v) is 9.04. The average Bonchev–Trinajstić information content (AvgIpc) is 3.02. The van der Waals surface area contributed by atoms with Crippen LogP contribution in [-0.4, -0.2) is 48.7 Å². The van der Waals surface area contributed by atoms with Crippen molar-refractivity contribution >= 4 is 6.09 Å². The van der Waals surface area contributed by atoms with Gasteiger partial charge in [-0.15, -0.1) is 0 Å². The lowest BCUT2D eigenvalue weighted by Crippen LogP contribution is -2.41. The minimum atomic E-state index is -0.404. The van der Waals surface area contributed by atoms with Crippen LogP contribution in [0.5, 0.6) is 0 Å². The molecule has 0 aromatic carbocycles. The molecule has 0 atom stereocenters. The van der Waals surface area contributed by atoms with Gasteiger partial charge in [0.15, 0.2) is 5.79 Å². The number of likely N-dealkylation sites (tertiary alicyclic amines) is 1. The Kier molecular flexibility index (Phi) is 5.94. The first kappa shape index (κ1) is 19.0. The minimum Gasteiger partial charge on any atom is -0.444 e. The lowest BCUT2D eigenvalue weighted by atomic mass is 9.80. The van der Waals surface area contributed by atoms with Crippen LogP contribution in [0.3, 0.4) is 0 Å². The summed E-state index contributed by atoms with van der Waals surface area (Å²) < 4.78 is 17.1. The Morgan fingerprint density at radius 3 is 2.04 bits per heavy atom. The summed E-state index contributed by atoms with van der Waals surface area (Å²) in [5, 5.41) is 0. The van der Waals surface area contributed by atoms with E-state index in [1.807, 2.05) is 25.7 Å². The van der Waals surface area contributed by atoms with Gasteiger partial charge in [0, 0.05) is 25.9 Å². The van der Waals surface area contributed by atoms with Gasteiger partial charge in [0.25, 0.3) is 0 Å². The number of rotatable bonds is 3. The molecule has 3 rings (SSSR count). The van der Waals surface area contributed by atoms with E-state index in [-0.39, 0.29) is 11.9 Å². The van der Waals surface area contributed by atoms with Crippen LogP contribution in [0.2, 0.25) is 0 Å². The van der Waals surface area contributed by atoms with E-state index in [0.717, 1.165) is 63.8 Å². The van der Waals surface area contributed by atoms with Crippen molar-refractivity contribution in [2.75, 3.05) is 26.3 Å². The second kappa shape index (κ2) is 7.83. The Hall–Kier alpha value is -0.810. The van der Waals surface area contributed by atoms with Crippen LogP contribution in [-0.2, 0) is 14.2 Å². The number of amides is 1. The SMILES string of the molecule is CC(C)(C)OC(=O)N1CCC(CCC2CCC3(CC2)OCCO3)CC1. The first-order valence-electron chi connectivity index (χ1n) is 10.1. The van der Waals surface area contributed by atoms with E-state index in [1.54, 1.807) is 0 Å². The molecule has 1 aliphatic carbocycles. The Labute approximate surface area is 152 Å². The van der Waals surface area contributed by atoms with Gasteiger partial charge in [-0.05, 0) is 58.3 Å². The van der Waals surface area contributed by atoms with Gasteiger partial charge in [-0.25, -0.2) is 4.79 Å². The highest BCUT2D eigenvalue weighted by Crippen LogP contribution is 2.40. The molecule has 0 unspecified atom stereocenters. The van der Waals surface area contributed by atoms with Gasteiger partial charge in [0.1, 0.15) is 5.60 Å². The number of ether oxygens (including phenoxy) is 3. The summed E-state index contributed by atoms with van der Waals surface area (Å²) in [6.07, 6.45) is 9.27. The lowest BCUT2D eigenvalue weighted by Gasteiger charge is -2.37. The highest BCUT2D eigenvalue weighted by atomic mass is 16.7. The van der Waals surface area contributed by atoms with E-state index < -0.39 is 5.60 Å². The Balaban J connectivity index is 1.32. The Morgan fingerprint density at radius 2 is 1.52 bits per heavy atom. The van der Waals surface area contributed by atoms with Crippen molar-refractivity contribution < 1.29 is 19.0 Å². The number of piperidine rings is 1. The maximum absolute atomic E-state index is 12.1. The molecule has 1 saturated carbocycles. The number of carbonyl (C=O) groups is 1. The van der Waals surface area contributed by atoms with E-state index in [4.69, 9.17) is 14.2 Å². The summed E-state index contributed by atoms with van der Waals surface area (Å²) in [7, 11) is 0. The smallest absolute Gasteiger partial charge is 0.410 e. The first-order chi connectivity index (χ1) is 11.9. The predicted octanol–water partition coefficient (Wildman–Crippen LogP) is 4.35. The zero-order chi connectivity index (χ0) is 17.9. The highest BCUT2D eigenvalue weighted by molar-refractivity contribution is 5.68. The highest BCUT2D eigenvalue weighted by Gasteiger charge is 2.40. The Morgan fingerprint density at radius 1 is 1.00 bits per heavy atom. The van der Waals surface area contributed by atoms with E-state index in [0.29, 0.717) is 0 Å². The normalized spacial score (nSPS) is 25.5. The van der Waals surface area contributed by atoms with Crippen LogP contribution in [0.15, 0.2) is 0 Å². The lowest BCUT2D eigenvalue weighted by molar-refractivity contribution is -0.182. The molecule has 2 aliphatic heterocycles. The summed E-state index contributed by atoms with van der Waals surface area (Å²) in [5.41, 5.74) is -0.404. The maximum Gasteiger partial charge on any atom is 0.410 e. The second-order valence-electron chi connectivity index (χ2n) is 9.04. The monoisotopic (exact) mass is 353 g/mol. The van der Waals surface area contributed by atoms with Gasteiger partial charge >= 0.3 is 6.09 Å². The fourth-order valence-corrected chi connectivity index (χ4v) is 4.39. The van der Waals surface area contributed by atoms with E-state index in [2.05, 4.69) is 0 Å². The summed E-state index contributed by atoms with van der Waals surface area (Å²) in [4.78, 5) is 14.0. The zero-order valence-corrected chi connectivity index (χ0v) is 16.2. The molecule has 5 heteroatoms. The van der Waals surface area contributed by atoms with Crippen LogP contribution in [0.25, 0.3) is 0 Å². The zero-order valence-electron chi connectivity index (χ0n) is 16.2. The van der Waals surface area contributed by atoms with Crippen molar-refractivity contribution in [3.63, 3.8) is 0 Å². The van der Waals surface area contributed by atoms with Crippen molar-refractivity contribution in [1.29, 1.82) is 0 Å². The Bertz CT molecular complexity index is 435. The topological polar surface area (TPSA) is 48.0 Å². The molecule has 0 aromatic rings. The van der Waals surface area contributed by atoms with Crippen LogP contribution in [0.1, 0.15) is 72.1 Å². The van der Waals surface area contributed by atoms with Crippen LogP contribution in [0, 0.1) is 11.8 Å². The predicted molar refractivity (Wildman–Crippen MR) is 96.4 cm³/mol. The fourth-order valence-electron chi connectivity index (χ4n) is 4.39. The molecular weight excluding hydrogens is 318 g/mol. The third-order valence-electron chi connectivity index (χ3n) is 5.93. The van der Waals surface area contributed by atoms with Crippen molar-refractivity contribution in [2.24, 2.45) is 11.8 Å². The summed E-state index contributed by atoms with van der Waals surface area (Å²) in [5.74, 6) is 1.35. The molecule has 0 aromatic heterocycles. The molecule has 2 saturated heterocycles. The molecule has 3 aliphatic rings. The minimum absolute atomic E-state index is 0.153. The molecule has 3 fully saturated rings. The van der Waals surface area contributed by atoms with E-state index in [1.165, 1.54) is 25.7 Å². The van der Waals surface area contributed by atoms with Crippen molar-refractivity contribution in [1.82, 2.24) is 4.90 Å². The van der Waals surface area contributed by atoms with Crippen molar-refractivity contribution in [3.8, 4) is 0 Å². The molecule has 1 spiro atoms.